The number of hydrogen-bond acceptors (Lipinski definition) is 4. The van der Waals surface area contributed by atoms with Gasteiger partial charge in [0.15, 0.2) is 0 Å². The Balaban J connectivity index is 1.58. The molecule has 0 radical (unpaired) electrons. The van der Waals surface area contributed by atoms with E-state index in [2.05, 4.69) is 33.7 Å². The molecule has 0 unspecified atom stereocenters. The molecule has 1 aromatic rings. The van der Waals surface area contributed by atoms with Gasteiger partial charge in [-0.3, -0.25) is 4.90 Å². The van der Waals surface area contributed by atoms with E-state index >= 15 is 0 Å². The average molecular weight is 426 g/mol. The van der Waals surface area contributed by atoms with Gasteiger partial charge in [0.05, 0.1) is 18.8 Å². The summed E-state index contributed by atoms with van der Waals surface area (Å²) in [4.78, 5) is 13.0. The quantitative estimate of drug-likeness (QED) is 0.621. The third-order valence-electron chi connectivity index (χ3n) is 6.14. The number of likely N-dealkylation sites (tertiary alicyclic amines) is 1. The Hall–Kier alpha value is -1.68. The summed E-state index contributed by atoms with van der Waals surface area (Å²) in [6.07, 6.45) is 3.35. The van der Waals surface area contributed by atoms with Crippen molar-refractivity contribution in [3.63, 3.8) is 0 Å². The van der Waals surface area contributed by atoms with E-state index in [-0.39, 0.29) is 18.8 Å². The first-order valence-corrected chi connectivity index (χ1v) is 11.7. The number of carbonyl (C=O) groups is 1. The lowest BCUT2D eigenvalue weighted by atomic mass is 9.83. The normalized spacial score (nSPS) is 30.4. The van der Waals surface area contributed by atoms with Crippen molar-refractivity contribution in [3.05, 3.63) is 35.9 Å². The van der Waals surface area contributed by atoms with Gasteiger partial charge in [-0.25, -0.2) is 9.52 Å². The van der Waals surface area contributed by atoms with Crippen LogP contribution in [0.25, 0.3) is 0 Å². The molecule has 0 spiro atoms. The Labute approximate surface area is 172 Å². The summed E-state index contributed by atoms with van der Waals surface area (Å²) in [5.41, 5.74) is 1.36. The maximum Gasteiger partial charge on any atom is 0.407 e. The second-order valence-corrected chi connectivity index (χ2v) is 9.64. The number of hydrogen-bond donors (Lipinski definition) is 3. The van der Waals surface area contributed by atoms with E-state index in [9.17, 15) is 18.3 Å². The molecule has 1 amide bonds. The molecule has 2 fully saturated rings. The Morgan fingerprint density at radius 2 is 1.86 bits per heavy atom. The first kappa shape index (κ1) is 22.0. The van der Waals surface area contributed by atoms with Crippen molar-refractivity contribution in [1.29, 1.82) is 0 Å². The van der Waals surface area contributed by atoms with E-state index in [4.69, 9.17) is 4.74 Å². The largest absolute Gasteiger partial charge is 0.465 e. The third kappa shape index (κ3) is 5.48. The van der Waals surface area contributed by atoms with Gasteiger partial charge in [0.2, 0.25) is 0 Å². The van der Waals surface area contributed by atoms with Gasteiger partial charge < -0.3 is 9.84 Å². The van der Waals surface area contributed by atoms with Gasteiger partial charge in [-0.05, 0) is 50.5 Å². The monoisotopic (exact) mass is 425 g/mol. The van der Waals surface area contributed by atoms with Gasteiger partial charge in [0.25, 0.3) is 10.2 Å². The Kier molecular flexibility index (Phi) is 7.15. The summed E-state index contributed by atoms with van der Waals surface area (Å²) in [6.45, 7) is 1.98. The Morgan fingerprint density at radius 1 is 1.21 bits per heavy atom. The van der Waals surface area contributed by atoms with Crippen molar-refractivity contribution in [2.75, 3.05) is 13.7 Å². The predicted molar refractivity (Wildman–Crippen MR) is 110 cm³/mol. The summed E-state index contributed by atoms with van der Waals surface area (Å²) >= 11 is 0. The molecule has 29 heavy (non-hydrogen) atoms. The Morgan fingerprint density at radius 3 is 2.45 bits per heavy atom. The highest BCUT2D eigenvalue weighted by atomic mass is 32.2. The molecule has 0 aromatic heterocycles. The van der Waals surface area contributed by atoms with Crippen molar-refractivity contribution < 1.29 is 23.1 Å². The SMILES string of the molecule is CNS(=O)(=O)N[C@H]1C[C@@H](C)N(C(=O)O)[C@H]1COC1CCC(c2ccccc2)CC1. The molecule has 3 rings (SSSR count). The van der Waals surface area contributed by atoms with Crippen LogP contribution in [0.2, 0.25) is 0 Å². The van der Waals surface area contributed by atoms with Crippen LogP contribution >= 0.6 is 0 Å². The van der Waals surface area contributed by atoms with Crippen LogP contribution in [0.3, 0.4) is 0 Å². The van der Waals surface area contributed by atoms with E-state index in [1.165, 1.54) is 17.5 Å². The van der Waals surface area contributed by atoms with Crippen molar-refractivity contribution in [2.45, 2.75) is 69.2 Å². The fraction of sp³-hybridized carbons (Fsp3) is 0.650. The highest BCUT2D eigenvalue weighted by molar-refractivity contribution is 7.87. The molecule has 1 aliphatic carbocycles. The highest BCUT2D eigenvalue weighted by Crippen LogP contribution is 2.34. The first-order valence-electron chi connectivity index (χ1n) is 10.2. The van der Waals surface area contributed by atoms with E-state index in [1.807, 2.05) is 6.07 Å². The molecule has 0 bridgehead atoms. The van der Waals surface area contributed by atoms with Gasteiger partial charge >= 0.3 is 6.09 Å². The zero-order valence-corrected chi connectivity index (χ0v) is 17.8. The summed E-state index contributed by atoms with van der Waals surface area (Å²) < 4.78 is 34.8. The standard InChI is InChI=1S/C20H31N3O5S/c1-14-12-18(22-29(26,27)21-2)19(23(14)20(24)25)13-28-17-10-8-16(9-11-17)15-6-4-3-5-7-15/h3-7,14,16-19,21-22H,8-13H2,1-2H3,(H,24,25)/t14-,16?,17?,18+,19+/m1/s1. The summed E-state index contributed by atoms with van der Waals surface area (Å²) in [5.74, 6) is 0.535. The minimum atomic E-state index is -3.66. The molecule has 1 saturated carbocycles. The zero-order valence-electron chi connectivity index (χ0n) is 17.0. The lowest BCUT2D eigenvalue weighted by Crippen LogP contribution is -2.51. The molecule has 1 aromatic carbocycles. The molecule has 2 aliphatic rings. The van der Waals surface area contributed by atoms with E-state index in [1.54, 1.807) is 6.92 Å². The smallest absolute Gasteiger partial charge is 0.407 e. The van der Waals surface area contributed by atoms with Crippen LogP contribution in [0.5, 0.6) is 0 Å². The minimum absolute atomic E-state index is 0.0723. The van der Waals surface area contributed by atoms with Crippen molar-refractivity contribution in [1.82, 2.24) is 14.3 Å². The molecule has 1 saturated heterocycles. The number of benzene rings is 1. The number of carboxylic acid groups (broad SMARTS) is 1. The summed E-state index contributed by atoms with van der Waals surface area (Å²) in [7, 11) is -2.34. The number of nitrogens with zero attached hydrogens (tertiary/aromatic N) is 1. The van der Waals surface area contributed by atoms with Crippen molar-refractivity contribution >= 4 is 16.3 Å². The molecular weight excluding hydrogens is 394 g/mol. The van der Waals surface area contributed by atoms with Crippen molar-refractivity contribution in [3.8, 4) is 0 Å². The fourth-order valence-electron chi connectivity index (χ4n) is 4.59. The number of nitrogens with one attached hydrogen (secondary N) is 2. The molecule has 3 N–H and O–H groups in total. The molecular formula is C20H31N3O5S. The number of rotatable bonds is 7. The number of amides is 1. The maximum absolute atomic E-state index is 11.9. The van der Waals surface area contributed by atoms with Gasteiger partial charge in [-0.1, -0.05) is 30.3 Å². The van der Waals surface area contributed by atoms with Crippen LogP contribution in [0, 0.1) is 0 Å². The lowest BCUT2D eigenvalue weighted by molar-refractivity contribution is -0.00703. The molecule has 9 heteroatoms. The minimum Gasteiger partial charge on any atom is -0.465 e. The Bertz CT molecular complexity index is 781. The highest BCUT2D eigenvalue weighted by Gasteiger charge is 2.44. The van der Waals surface area contributed by atoms with E-state index in [0.29, 0.717) is 12.3 Å². The number of ether oxygens (including phenoxy) is 1. The first-order chi connectivity index (χ1) is 13.8. The molecule has 1 aliphatic heterocycles. The zero-order chi connectivity index (χ0) is 21.0. The average Bonchev–Trinajstić information content (AvgIpc) is 3.01. The van der Waals surface area contributed by atoms with Crippen LogP contribution < -0.4 is 9.44 Å². The fourth-order valence-corrected chi connectivity index (χ4v) is 5.36. The molecule has 8 nitrogen and oxygen atoms in total. The topological polar surface area (TPSA) is 108 Å². The predicted octanol–water partition coefficient (Wildman–Crippen LogP) is 2.29. The van der Waals surface area contributed by atoms with Crippen LogP contribution in [-0.2, 0) is 14.9 Å². The van der Waals surface area contributed by atoms with Gasteiger partial charge in [0.1, 0.15) is 0 Å². The second-order valence-electron chi connectivity index (χ2n) is 7.99. The van der Waals surface area contributed by atoms with E-state index < -0.39 is 28.4 Å². The van der Waals surface area contributed by atoms with Gasteiger partial charge in [-0.15, -0.1) is 0 Å². The van der Waals surface area contributed by atoms with E-state index in [0.717, 1.165) is 25.7 Å². The van der Waals surface area contributed by atoms with Crippen molar-refractivity contribution in [2.24, 2.45) is 0 Å². The van der Waals surface area contributed by atoms with Gasteiger partial charge in [0, 0.05) is 19.1 Å². The molecule has 3 atom stereocenters. The summed E-state index contributed by atoms with van der Waals surface area (Å²) in [5, 5.41) is 9.60. The molecule has 162 valence electrons. The van der Waals surface area contributed by atoms with Crippen LogP contribution in [0.15, 0.2) is 30.3 Å². The third-order valence-corrected chi connectivity index (χ3v) is 7.29. The maximum atomic E-state index is 11.9. The summed E-state index contributed by atoms with van der Waals surface area (Å²) in [6, 6.07) is 9.13. The van der Waals surface area contributed by atoms with Crippen LogP contribution in [0.4, 0.5) is 4.79 Å². The second kappa shape index (κ2) is 9.42. The lowest BCUT2D eigenvalue weighted by Gasteiger charge is -2.32. The van der Waals surface area contributed by atoms with Crippen LogP contribution in [-0.4, -0.2) is 62.4 Å². The molecule has 1 heterocycles. The van der Waals surface area contributed by atoms with Gasteiger partial charge in [-0.2, -0.15) is 13.1 Å². The van der Waals surface area contributed by atoms with Crippen LogP contribution in [0.1, 0.15) is 50.5 Å².